The number of ether oxygens (including phenoxy) is 1. The Morgan fingerprint density at radius 3 is 2.74 bits per heavy atom. The van der Waals surface area contributed by atoms with Crippen LogP contribution in [0.5, 0.6) is 5.75 Å². The number of fused-ring (bicyclic) bond motifs is 1. The number of amides is 1. The second kappa shape index (κ2) is 9.29. The monoisotopic (exact) mass is 436 g/mol. The first-order chi connectivity index (χ1) is 15.0. The summed E-state index contributed by atoms with van der Waals surface area (Å²) < 4.78 is 5.50. The van der Waals surface area contributed by atoms with Crippen molar-refractivity contribution < 1.29 is 9.53 Å². The van der Waals surface area contributed by atoms with Gasteiger partial charge in [0.05, 0.1) is 12.7 Å². The van der Waals surface area contributed by atoms with Gasteiger partial charge in [-0.3, -0.25) is 9.69 Å². The van der Waals surface area contributed by atoms with Gasteiger partial charge in [-0.15, -0.1) is 0 Å². The third kappa shape index (κ3) is 4.28. The van der Waals surface area contributed by atoms with E-state index in [4.69, 9.17) is 10.00 Å². The molecule has 0 bridgehead atoms. The molecular weight excluding hydrogens is 408 g/mol. The Bertz CT molecular complexity index is 1000. The minimum atomic E-state index is 0.0271. The molecule has 3 heterocycles. The summed E-state index contributed by atoms with van der Waals surface area (Å²) in [7, 11) is 1.72. The molecule has 4 rings (SSSR count). The second-order valence-electron chi connectivity index (χ2n) is 8.28. The van der Waals surface area contributed by atoms with Gasteiger partial charge in [0.15, 0.2) is 0 Å². The topological polar surface area (TPSA) is 69.5 Å². The summed E-state index contributed by atoms with van der Waals surface area (Å²) in [6.07, 6.45) is 5.02. The number of thiocyanates is 1. The van der Waals surface area contributed by atoms with E-state index in [-0.39, 0.29) is 5.91 Å². The molecule has 162 valence electrons. The zero-order valence-corrected chi connectivity index (χ0v) is 19.1. The Hall–Kier alpha value is -2.56. The lowest BCUT2D eigenvalue weighted by atomic mass is 9.86. The van der Waals surface area contributed by atoms with Gasteiger partial charge < -0.3 is 9.64 Å². The van der Waals surface area contributed by atoms with Gasteiger partial charge in [0, 0.05) is 49.7 Å². The lowest BCUT2D eigenvalue weighted by Crippen LogP contribution is -2.57. The normalized spacial score (nSPS) is 21.3. The maximum atomic E-state index is 13.0. The molecule has 2 aromatic rings. The zero-order valence-electron chi connectivity index (χ0n) is 18.3. The SMILES string of the molecule is COc1ccc([C@H]2CCC[C@H]3CN(C(=O)c4ccc(SC#N)nc4)CCN32)c(C)c1C. The van der Waals surface area contributed by atoms with Crippen LogP contribution in [0.25, 0.3) is 0 Å². The van der Waals surface area contributed by atoms with E-state index in [2.05, 4.69) is 35.9 Å². The highest BCUT2D eigenvalue weighted by atomic mass is 32.2. The smallest absolute Gasteiger partial charge is 0.255 e. The number of piperazine rings is 1. The number of benzene rings is 1. The molecule has 6 nitrogen and oxygen atoms in total. The number of pyridine rings is 1. The van der Waals surface area contributed by atoms with Crippen molar-refractivity contribution in [3.63, 3.8) is 0 Å². The van der Waals surface area contributed by atoms with Crippen LogP contribution < -0.4 is 4.74 Å². The van der Waals surface area contributed by atoms with Crippen LogP contribution in [0.4, 0.5) is 0 Å². The average molecular weight is 437 g/mol. The number of nitrogens with zero attached hydrogens (tertiary/aromatic N) is 4. The van der Waals surface area contributed by atoms with E-state index in [9.17, 15) is 4.79 Å². The summed E-state index contributed by atoms with van der Waals surface area (Å²) in [6, 6.07) is 8.59. The molecule has 7 heteroatoms. The van der Waals surface area contributed by atoms with Gasteiger partial charge in [-0.2, -0.15) is 5.26 Å². The molecule has 1 aromatic heterocycles. The van der Waals surface area contributed by atoms with Crippen LogP contribution in [0.3, 0.4) is 0 Å². The van der Waals surface area contributed by atoms with Crippen LogP contribution in [0.1, 0.15) is 52.4 Å². The quantitative estimate of drug-likeness (QED) is 0.525. The minimum absolute atomic E-state index is 0.0271. The maximum Gasteiger partial charge on any atom is 0.255 e. The number of aromatic nitrogens is 1. The molecule has 31 heavy (non-hydrogen) atoms. The summed E-state index contributed by atoms with van der Waals surface area (Å²) in [5.41, 5.74) is 4.49. The first-order valence-corrected chi connectivity index (χ1v) is 11.6. The summed E-state index contributed by atoms with van der Waals surface area (Å²) in [5.74, 6) is 0.969. The van der Waals surface area contributed by atoms with Gasteiger partial charge >= 0.3 is 0 Å². The van der Waals surface area contributed by atoms with Crippen LogP contribution in [0.2, 0.25) is 0 Å². The van der Waals surface area contributed by atoms with Crippen molar-refractivity contribution >= 4 is 17.7 Å². The zero-order chi connectivity index (χ0) is 22.0. The van der Waals surface area contributed by atoms with E-state index in [0.717, 1.165) is 43.4 Å². The standard InChI is InChI=1S/C24H28N4O2S/c1-16-17(2)22(30-3)9-8-20(16)21-6-4-5-19-14-27(11-12-28(19)21)24(29)18-7-10-23(26-13-18)31-15-25/h7-10,13,19,21H,4-6,11-12,14H2,1-3H3/t19-,21+/m0/s1. The predicted octanol–water partition coefficient (Wildman–Crippen LogP) is 4.33. The highest BCUT2D eigenvalue weighted by Crippen LogP contribution is 2.39. The Kier molecular flexibility index (Phi) is 6.49. The minimum Gasteiger partial charge on any atom is -0.496 e. The molecule has 2 fully saturated rings. The molecule has 2 aliphatic rings. The molecule has 0 saturated carbocycles. The van der Waals surface area contributed by atoms with Crippen molar-refractivity contribution in [3.05, 3.63) is 52.7 Å². The molecular formula is C24H28N4O2S. The maximum absolute atomic E-state index is 13.0. The molecule has 0 N–H and O–H groups in total. The van der Waals surface area contributed by atoms with Crippen molar-refractivity contribution in [2.45, 2.75) is 50.2 Å². The summed E-state index contributed by atoms with van der Waals surface area (Å²) in [6.45, 7) is 6.66. The predicted molar refractivity (Wildman–Crippen MR) is 121 cm³/mol. The fourth-order valence-electron chi connectivity index (χ4n) is 4.96. The largest absolute Gasteiger partial charge is 0.496 e. The van der Waals surface area contributed by atoms with E-state index in [1.54, 1.807) is 25.4 Å². The van der Waals surface area contributed by atoms with Gasteiger partial charge in [-0.05, 0) is 68.0 Å². The van der Waals surface area contributed by atoms with E-state index >= 15 is 0 Å². The van der Waals surface area contributed by atoms with E-state index in [0.29, 0.717) is 29.2 Å². The first kappa shape index (κ1) is 21.7. The van der Waals surface area contributed by atoms with Gasteiger partial charge in [0.2, 0.25) is 0 Å². The number of hydrogen-bond acceptors (Lipinski definition) is 6. The van der Waals surface area contributed by atoms with Gasteiger partial charge in [0.25, 0.3) is 5.91 Å². The number of rotatable bonds is 4. The van der Waals surface area contributed by atoms with Crippen molar-refractivity contribution in [1.82, 2.24) is 14.8 Å². The number of carbonyl (C=O) groups excluding carboxylic acids is 1. The van der Waals surface area contributed by atoms with Crippen molar-refractivity contribution in [1.29, 1.82) is 5.26 Å². The molecule has 0 spiro atoms. The van der Waals surface area contributed by atoms with Gasteiger partial charge in [-0.25, -0.2) is 4.98 Å². The molecule has 0 aliphatic carbocycles. The van der Waals surface area contributed by atoms with Gasteiger partial charge in [0.1, 0.15) is 16.2 Å². The number of carbonyl (C=O) groups is 1. The van der Waals surface area contributed by atoms with Crippen LogP contribution >= 0.6 is 11.8 Å². The first-order valence-electron chi connectivity index (χ1n) is 10.7. The molecule has 2 aliphatic heterocycles. The van der Waals surface area contributed by atoms with Crippen LogP contribution in [-0.2, 0) is 0 Å². The van der Waals surface area contributed by atoms with E-state index < -0.39 is 0 Å². The summed E-state index contributed by atoms with van der Waals surface area (Å²) >= 11 is 1.00. The molecule has 1 aromatic carbocycles. The number of nitriles is 1. The summed E-state index contributed by atoms with van der Waals surface area (Å²) in [5, 5.41) is 11.4. The number of thioether (sulfide) groups is 1. The lowest BCUT2D eigenvalue weighted by molar-refractivity contribution is 0.0101. The third-order valence-electron chi connectivity index (χ3n) is 6.72. The Labute approximate surface area is 188 Å². The molecule has 0 unspecified atom stereocenters. The fraction of sp³-hybridized carbons (Fsp3) is 0.458. The van der Waals surface area contributed by atoms with Crippen molar-refractivity contribution in [3.8, 4) is 11.2 Å². The summed E-state index contributed by atoms with van der Waals surface area (Å²) in [4.78, 5) is 21.8. The molecule has 1 amide bonds. The van der Waals surface area contributed by atoms with E-state index in [1.165, 1.54) is 23.1 Å². The van der Waals surface area contributed by atoms with Crippen molar-refractivity contribution in [2.75, 3.05) is 26.7 Å². The van der Waals surface area contributed by atoms with E-state index in [1.807, 2.05) is 10.3 Å². The Morgan fingerprint density at radius 2 is 2.03 bits per heavy atom. The van der Waals surface area contributed by atoms with Crippen LogP contribution in [0, 0.1) is 24.5 Å². The second-order valence-corrected chi connectivity index (χ2v) is 9.08. The number of hydrogen-bond donors (Lipinski definition) is 0. The van der Waals surface area contributed by atoms with Crippen molar-refractivity contribution in [2.24, 2.45) is 0 Å². The van der Waals surface area contributed by atoms with Gasteiger partial charge in [-0.1, -0.05) is 6.07 Å². The third-order valence-corrected chi connectivity index (χ3v) is 7.26. The Morgan fingerprint density at radius 1 is 1.19 bits per heavy atom. The highest BCUT2D eigenvalue weighted by Gasteiger charge is 2.37. The van der Waals surface area contributed by atoms with Crippen LogP contribution in [0.15, 0.2) is 35.5 Å². The lowest BCUT2D eigenvalue weighted by Gasteiger charge is -2.48. The number of piperidine rings is 1. The molecule has 2 saturated heterocycles. The fourth-order valence-corrected chi connectivity index (χ4v) is 5.30. The molecule has 0 radical (unpaired) electrons. The Balaban J connectivity index is 1.49. The number of methoxy groups -OCH3 is 1. The van der Waals surface area contributed by atoms with Crippen LogP contribution in [-0.4, -0.2) is 53.5 Å². The highest BCUT2D eigenvalue weighted by molar-refractivity contribution is 8.03. The molecule has 2 atom stereocenters. The average Bonchev–Trinajstić information content (AvgIpc) is 2.80.